The van der Waals surface area contributed by atoms with Gasteiger partial charge in [-0.1, -0.05) is 17.7 Å². The number of halogens is 1. The van der Waals surface area contributed by atoms with Gasteiger partial charge in [0.25, 0.3) is 0 Å². The maximum atomic E-state index is 6.26. The van der Waals surface area contributed by atoms with Crippen molar-refractivity contribution in [2.75, 3.05) is 37.6 Å². The van der Waals surface area contributed by atoms with Crippen LogP contribution in [0, 0.1) is 0 Å². The SMILES string of the molecule is Clc1cccc2nc(SNc3ncnc4c3ncn4CCCN3CCOCC3)sc12. The van der Waals surface area contributed by atoms with Crippen molar-refractivity contribution in [3.63, 3.8) is 0 Å². The van der Waals surface area contributed by atoms with Crippen LogP contribution in [0.15, 0.2) is 35.2 Å². The Bertz CT molecular complexity index is 1160. The van der Waals surface area contributed by atoms with E-state index in [4.69, 9.17) is 16.3 Å². The molecule has 0 radical (unpaired) electrons. The van der Waals surface area contributed by atoms with Gasteiger partial charge < -0.3 is 14.0 Å². The van der Waals surface area contributed by atoms with Crippen LogP contribution in [0.2, 0.25) is 5.02 Å². The Morgan fingerprint density at radius 3 is 2.93 bits per heavy atom. The molecule has 1 saturated heterocycles. The maximum Gasteiger partial charge on any atom is 0.171 e. The first-order valence-corrected chi connectivity index (χ1v) is 11.7. The monoisotopic (exact) mass is 461 g/mol. The fourth-order valence-electron chi connectivity index (χ4n) is 3.44. The third-order valence-corrected chi connectivity index (χ3v) is 7.35. The number of hydrogen-bond donors (Lipinski definition) is 1. The average Bonchev–Trinajstić information content (AvgIpc) is 3.38. The Morgan fingerprint density at radius 1 is 1.17 bits per heavy atom. The first-order chi connectivity index (χ1) is 14.8. The van der Waals surface area contributed by atoms with E-state index < -0.39 is 0 Å². The summed E-state index contributed by atoms with van der Waals surface area (Å²) in [5, 5.41) is 0.720. The summed E-state index contributed by atoms with van der Waals surface area (Å²) in [4.78, 5) is 20.4. The van der Waals surface area contributed by atoms with Crippen LogP contribution in [0.1, 0.15) is 6.42 Å². The lowest BCUT2D eigenvalue weighted by atomic mass is 10.3. The highest BCUT2D eigenvalue weighted by atomic mass is 35.5. The quantitative estimate of drug-likeness (QED) is 0.414. The van der Waals surface area contributed by atoms with Crippen LogP contribution in [0.25, 0.3) is 21.4 Å². The van der Waals surface area contributed by atoms with Gasteiger partial charge in [0, 0.05) is 38.1 Å². The molecule has 0 amide bonds. The summed E-state index contributed by atoms with van der Waals surface area (Å²) in [7, 11) is 0. The minimum absolute atomic E-state index is 0.683. The third kappa shape index (κ3) is 4.23. The van der Waals surface area contributed by atoms with Gasteiger partial charge in [-0.05, 0) is 18.6 Å². The topological polar surface area (TPSA) is 81.0 Å². The van der Waals surface area contributed by atoms with E-state index in [2.05, 4.69) is 34.1 Å². The molecule has 4 aromatic rings. The molecule has 0 atom stereocenters. The first kappa shape index (κ1) is 20.0. The number of ether oxygens (including phenoxy) is 1. The van der Waals surface area contributed by atoms with Crippen molar-refractivity contribution in [2.45, 2.75) is 17.3 Å². The molecule has 156 valence electrons. The average molecular weight is 462 g/mol. The van der Waals surface area contributed by atoms with Crippen molar-refractivity contribution in [3.05, 3.63) is 35.9 Å². The highest BCUT2D eigenvalue weighted by Gasteiger charge is 2.14. The highest BCUT2D eigenvalue weighted by molar-refractivity contribution is 8.02. The van der Waals surface area contributed by atoms with Gasteiger partial charge in [0.15, 0.2) is 21.3 Å². The van der Waals surface area contributed by atoms with Gasteiger partial charge >= 0.3 is 0 Å². The minimum atomic E-state index is 0.683. The molecule has 1 aromatic carbocycles. The zero-order valence-electron chi connectivity index (χ0n) is 16.1. The molecule has 8 nitrogen and oxygen atoms in total. The van der Waals surface area contributed by atoms with Crippen molar-refractivity contribution in [1.29, 1.82) is 0 Å². The minimum Gasteiger partial charge on any atom is -0.379 e. The van der Waals surface area contributed by atoms with E-state index in [1.807, 2.05) is 24.5 Å². The van der Waals surface area contributed by atoms with Gasteiger partial charge in [0.05, 0.1) is 34.8 Å². The normalized spacial score (nSPS) is 15.2. The van der Waals surface area contributed by atoms with Crippen LogP contribution in [0.4, 0.5) is 5.82 Å². The van der Waals surface area contributed by atoms with Gasteiger partial charge in [-0.2, -0.15) is 0 Å². The summed E-state index contributed by atoms with van der Waals surface area (Å²) >= 11 is 9.22. The van der Waals surface area contributed by atoms with Crippen LogP contribution in [0.5, 0.6) is 0 Å². The fourth-order valence-corrected chi connectivity index (χ4v) is 5.45. The van der Waals surface area contributed by atoms with Crippen molar-refractivity contribution in [1.82, 2.24) is 29.4 Å². The summed E-state index contributed by atoms with van der Waals surface area (Å²) in [6.45, 7) is 5.59. The van der Waals surface area contributed by atoms with Crippen LogP contribution >= 0.6 is 34.9 Å². The van der Waals surface area contributed by atoms with Gasteiger partial charge in [-0.15, -0.1) is 11.3 Å². The molecular weight excluding hydrogens is 442 g/mol. The molecule has 4 heterocycles. The number of aromatic nitrogens is 5. The number of nitrogens with one attached hydrogen (secondary N) is 1. The number of rotatable bonds is 7. The predicted molar refractivity (Wildman–Crippen MR) is 121 cm³/mol. The highest BCUT2D eigenvalue weighted by Crippen LogP contribution is 2.34. The van der Waals surface area contributed by atoms with E-state index in [1.165, 1.54) is 11.9 Å². The summed E-state index contributed by atoms with van der Waals surface area (Å²) in [6.07, 6.45) is 4.45. The number of hydrogen-bond acceptors (Lipinski definition) is 9. The van der Waals surface area contributed by atoms with E-state index >= 15 is 0 Å². The van der Waals surface area contributed by atoms with Crippen molar-refractivity contribution in [2.24, 2.45) is 0 Å². The van der Waals surface area contributed by atoms with Crippen LogP contribution in [0.3, 0.4) is 0 Å². The summed E-state index contributed by atoms with van der Waals surface area (Å²) in [5.74, 6) is 0.683. The zero-order chi connectivity index (χ0) is 20.3. The van der Waals surface area contributed by atoms with Crippen molar-refractivity contribution < 1.29 is 4.74 Å². The molecule has 1 aliphatic heterocycles. The summed E-state index contributed by atoms with van der Waals surface area (Å²) < 4.78 is 12.6. The first-order valence-electron chi connectivity index (χ1n) is 9.72. The number of nitrogens with zero attached hydrogens (tertiary/aromatic N) is 6. The standard InChI is InChI=1S/C19H20ClN7OS2/c20-13-3-1-4-14-16(13)29-19(24-14)30-25-17-15-18(22-11-21-17)27(12-23-15)6-2-5-26-7-9-28-10-8-26/h1,3-4,11-12H,2,5-10H2,(H,21,22,25). The predicted octanol–water partition coefficient (Wildman–Crippen LogP) is 3.93. The van der Waals surface area contributed by atoms with Crippen molar-refractivity contribution in [3.8, 4) is 0 Å². The molecule has 1 fully saturated rings. The molecule has 0 aliphatic carbocycles. The number of imidazole rings is 1. The molecule has 0 saturated carbocycles. The third-order valence-electron chi connectivity index (χ3n) is 4.96. The Morgan fingerprint density at radius 2 is 2.07 bits per heavy atom. The van der Waals surface area contributed by atoms with Crippen LogP contribution in [-0.2, 0) is 11.3 Å². The Balaban J connectivity index is 1.26. The van der Waals surface area contributed by atoms with E-state index in [0.29, 0.717) is 5.82 Å². The number of benzene rings is 1. The van der Waals surface area contributed by atoms with Gasteiger partial charge in [-0.25, -0.2) is 19.9 Å². The number of anilines is 1. The number of morpholine rings is 1. The van der Waals surface area contributed by atoms with Crippen LogP contribution < -0.4 is 4.72 Å². The second-order valence-corrected chi connectivity index (χ2v) is 9.37. The molecule has 1 aliphatic rings. The van der Waals surface area contributed by atoms with E-state index in [0.717, 1.165) is 76.6 Å². The smallest absolute Gasteiger partial charge is 0.171 e. The largest absolute Gasteiger partial charge is 0.379 e. The van der Waals surface area contributed by atoms with Gasteiger partial charge in [0.2, 0.25) is 0 Å². The number of aryl methyl sites for hydroxylation is 1. The maximum absolute atomic E-state index is 6.26. The second kappa shape index (κ2) is 9.03. The molecule has 1 N–H and O–H groups in total. The Kier molecular flexibility index (Phi) is 6.00. The molecule has 0 bridgehead atoms. The lowest BCUT2D eigenvalue weighted by Crippen LogP contribution is -2.37. The van der Waals surface area contributed by atoms with Crippen LogP contribution in [-0.4, -0.2) is 62.3 Å². The molecular formula is C19H20ClN7OS2. The van der Waals surface area contributed by atoms with Gasteiger partial charge in [0.1, 0.15) is 6.33 Å². The molecule has 3 aromatic heterocycles. The van der Waals surface area contributed by atoms with E-state index in [9.17, 15) is 0 Å². The molecule has 11 heteroatoms. The summed E-state index contributed by atoms with van der Waals surface area (Å²) in [6, 6.07) is 5.75. The fraction of sp³-hybridized carbons (Fsp3) is 0.368. The van der Waals surface area contributed by atoms with Crippen molar-refractivity contribution >= 4 is 62.1 Å². The lowest BCUT2D eigenvalue weighted by molar-refractivity contribution is 0.0369. The summed E-state index contributed by atoms with van der Waals surface area (Å²) in [5.41, 5.74) is 2.49. The Labute approximate surface area is 186 Å². The second-order valence-electron chi connectivity index (χ2n) is 6.91. The Hall–Kier alpha value is -1.98. The van der Waals surface area contributed by atoms with E-state index in [-0.39, 0.29) is 0 Å². The molecule has 0 unspecified atom stereocenters. The molecule has 0 spiro atoms. The molecule has 30 heavy (non-hydrogen) atoms. The zero-order valence-corrected chi connectivity index (χ0v) is 18.5. The molecule has 5 rings (SSSR count). The number of thiazole rings is 1. The number of fused-ring (bicyclic) bond motifs is 2. The van der Waals surface area contributed by atoms with Gasteiger partial charge in [-0.3, -0.25) is 4.90 Å². The lowest BCUT2D eigenvalue weighted by Gasteiger charge is -2.26. The van der Waals surface area contributed by atoms with E-state index in [1.54, 1.807) is 17.7 Å².